The number of nitrogens with zero attached hydrogens (tertiary/aromatic N) is 2. The van der Waals surface area contributed by atoms with Gasteiger partial charge in [-0.05, 0) is 55.3 Å². The summed E-state index contributed by atoms with van der Waals surface area (Å²) in [6, 6.07) is 14.2. The predicted molar refractivity (Wildman–Crippen MR) is 88.0 cm³/mol. The minimum Gasteiger partial charge on any atom is -0.371 e. The zero-order chi connectivity index (χ0) is 14.2. The fourth-order valence-corrected chi connectivity index (χ4v) is 3.04. The number of aromatic nitrogens is 2. The van der Waals surface area contributed by atoms with E-state index in [-0.39, 0.29) is 0 Å². The molecule has 1 aliphatic heterocycles. The molecule has 1 fully saturated rings. The molecule has 0 unspecified atom stereocenters. The van der Waals surface area contributed by atoms with Gasteiger partial charge in [0, 0.05) is 29.4 Å². The van der Waals surface area contributed by atoms with Gasteiger partial charge in [-0.2, -0.15) is 0 Å². The van der Waals surface area contributed by atoms with Crippen LogP contribution in [0, 0.1) is 0 Å². The molecule has 2 aromatic carbocycles. The van der Waals surface area contributed by atoms with E-state index in [1.807, 2.05) is 24.3 Å². The van der Waals surface area contributed by atoms with Crippen LogP contribution >= 0.6 is 11.6 Å². The van der Waals surface area contributed by atoms with E-state index in [4.69, 9.17) is 11.6 Å². The highest BCUT2D eigenvalue weighted by atomic mass is 35.5. The maximum absolute atomic E-state index is 5.94. The van der Waals surface area contributed by atoms with Crippen LogP contribution in [0.4, 0.5) is 5.69 Å². The van der Waals surface area contributed by atoms with Crippen LogP contribution in [0.1, 0.15) is 12.8 Å². The number of nitrogens with one attached hydrogen (secondary N) is 1. The molecular formula is C17H16ClN3. The van der Waals surface area contributed by atoms with Gasteiger partial charge in [-0.15, -0.1) is 0 Å². The molecule has 0 radical (unpaired) electrons. The number of imidazole rings is 1. The molecule has 1 aliphatic rings. The molecule has 21 heavy (non-hydrogen) atoms. The Morgan fingerprint density at radius 2 is 1.76 bits per heavy atom. The summed E-state index contributed by atoms with van der Waals surface area (Å²) in [5.41, 5.74) is 4.43. The monoisotopic (exact) mass is 297 g/mol. The number of hydrogen-bond donors (Lipinski definition) is 1. The first kappa shape index (κ1) is 12.7. The van der Waals surface area contributed by atoms with Crippen LogP contribution in [0.15, 0.2) is 42.5 Å². The van der Waals surface area contributed by atoms with Gasteiger partial charge in [0.05, 0.1) is 11.0 Å². The summed E-state index contributed by atoms with van der Waals surface area (Å²) in [6.07, 6.45) is 2.58. The van der Waals surface area contributed by atoms with Gasteiger partial charge >= 0.3 is 0 Å². The topological polar surface area (TPSA) is 31.9 Å². The van der Waals surface area contributed by atoms with Gasteiger partial charge in [0.15, 0.2) is 0 Å². The second kappa shape index (κ2) is 5.08. The summed E-state index contributed by atoms with van der Waals surface area (Å²) in [4.78, 5) is 10.5. The van der Waals surface area contributed by atoms with Crippen molar-refractivity contribution in [3.63, 3.8) is 0 Å². The quantitative estimate of drug-likeness (QED) is 0.756. The van der Waals surface area contributed by atoms with E-state index in [1.54, 1.807) is 0 Å². The normalized spacial score (nSPS) is 15.0. The first-order chi connectivity index (χ1) is 10.3. The van der Waals surface area contributed by atoms with Crippen molar-refractivity contribution < 1.29 is 0 Å². The minimum absolute atomic E-state index is 0.742. The van der Waals surface area contributed by atoms with E-state index in [0.29, 0.717) is 0 Å². The Bertz CT molecular complexity index is 770. The fourth-order valence-electron chi connectivity index (χ4n) is 2.91. The Kier molecular flexibility index (Phi) is 3.08. The van der Waals surface area contributed by atoms with E-state index in [1.165, 1.54) is 18.5 Å². The van der Waals surface area contributed by atoms with E-state index < -0.39 is 0 Å². The highest BCUT2D eigenvalue weighted by Crippen LogP contribution is 2.27. The van der Waals surface area contributed by atoms with Crippen molar-refractivity contribution in [1.82, 2.24) is 9.97 Å². The van der Waals surface area contributed by atoms with Crippen molar-refractivity contribution in [2.45, 2.75) is 12.8 Å². The molecule has 3 aromatic rings. The van der Waals surface area contributed by atoms with Crippen LogP contribution in [-0.4, -0.2) is 23.1 Å². The SMILES string of the molecule is Clc1ccc(-c2nc3ccc(N4CCCC4)cc3[nH]2)cc1. The van der Waals surface area contributed by atoms with Gasteiger partial charge < -0.3 is 9.88 Å². The van der Waals surface area contributed by atoms with Crippen LogP contribution in [0.25, 0.3) is 22.4 Å². The Balaban J connectivity index is 1.73. The number of aromatic amines is 1. The molecule has 2 heterocycles. The second-order valence-corrected chi connectivity index (χ2v) is 5.92. The number of hydrogen-bond acceptors (Lipinski definition) is 2. The lowest BCUT2D eigenvalue weighted by molar-refractivity contribution is 0.949. The number of halogens is 1. The van der Waals surface area contributed by atoms with Crippen molar-refractivity contribution in [3.8, 4) is 11.4 Å². The maximum Gasteiger partial charge on any atom is 0.138 e. The molecule has 0 saturated carbocycles. The van der Waals surface area contributed by atoms with Gasteiger partial charge in [0.1, 0.15) is 5.82 Å². The number of anilines is 1. The first-order valence-electron chi connectivity index (χ1n) is 7.30. The zero-order valence-corrected chi connectivity index (χ0v) is 12.4. The van der Waals surface area contributed by atoms with Crippen LogP contribution in [-0.2, 0) is 0 Å². The molecule has 3 nitrogen and oxygen atoms in total. The molecule has 0 spiro atoms. The molecule has 0 atom stereocenters. The summed E-state index contributed by atoms with van der Waals surface area (Å²) in [5, 5.41) is 0.742. The summed E-state index contributed by atoms with van der Waals surface area (Å²) >= 11 is 5.94. The molecular weight excluding hydrogens is 282 g/mol. The van der Waals surface area contributed by atoms with Gasteiger partial charge in [0.2, 0.25) is 0 Å². The second-order valence-electron chi connectivity index (χ2n) is 5.49. The molecule has 0 aliphatic carbocycles. The van der Waals surface area contributed by atoms with Crippen molar-refractivity contribution in [1.29, 1.82) is 0 Å². The Hall–Kier alpha value is -2.00. The van der Waals surface area contributed by atoms with Crippen LogP contribution < -0.4 is 4.90 Å². The van der Waals surface area contributed by atoms with Crippen LogP contribution in [0.5, 0.6) is 0 Å². The molecule has 1 N–H and O–H groups in total. The van der Waals surface area contributed by atoms with E-state index >= 15 is 0 Å². The highest BCUT2D eigenvalue weighted by molar-refractivity contribution is 6.30. The molecule has 106 valence electrons. The van der Waals surface area contributed by atoms with Crippen LogP contribution in [0.3, 0.4) is 0 Å². The highest BCUT2D eigenvalue weighted by Gasteiger charge is 2.13. The van der Waals surface area contributed by atoms with Crippen molar-refractivity contribution in [2.24, 2.45) is 0 Å². The fraction of sp³-hybridized carbons (Fsp3) is 0.235. The van der Waals surface area contributed by atoms with Gasteiger partial charge in [-0.3, -0.25) is 0 Å². The number of H-pyrrole nitrogens is 1. The third-order valence-electron chi connectivity index (χ3n) is 4.05. The molecule has 0 amide bonds. The third kappa shape index (κ3) is 2.38. The largest absolute Gasteiger partial charge is 0.371 e. The van der Waals surface area contributed by atoms with Crippen LogP contribution in [0.2, 0.25) is 5.02 Å². The van der Waals surface area contributed by atoms with Crippen molar-refractivity contribution in [3.05, 3.63) is 47.5 Å². The zero-order valence-electron chi connectivity index (χ0n) is 11.6. The lowest BCUT2D eigenvalue weighted by Crippen LogP contribution is -2.17. The maximum atomic E-state index is 5.94. The van der Waals surface area contributed by atoms with E-state index in [2.05, 4.69) is 33.1 Å². The van der Waals surface area contributed by atoms with E-state index in [0.717, 1.165) is 40.5 Å². The average Bonchev–Trinajstić information content (AvgIpc) is 3.16. The minimum atomic E-state index is 0.742. The molecule has 1 aromatic heterocycles. The van der Waals surface area contributed by atoms with Crippen molar-refractivity contribution in [2.75, 3.05) is 18.0 Å². The summed E-state index contributed by atoms with van der Waals surface area (Å²) in [7, 11) is 0. The average molecular weight is 298 g/mol. The molecule has 4 rings (SSSR count). The number of rotatable bonds is 2. The summed E-state index contributed by atoms with van der Waals surface area (Å²) in [5.74, 6) is 0.889. The molecule has 4 heteroatoms. The van der Waals surface area contributed by atoms with Gasteiger partial charge in [-0.1, -0.05) is 11.6 Å². The Morgan fingerprint density at radius 1 is 1.00 bits per heavy atom. The first-order valence-corrected chi connectivity index (χ1v) is 7.68. The van der Waals surface area contributed by atoms with E-state index in [9.17, 15) is 0 Å². The summed E-state index contributed by atoms with van der Waals surface area (Å²) < 4.78 is 0. The molecule has 0 bridgehead atoms. The lowest BCUT2D eigenvalue weighted by Gasteiger charge is -2.17. The summed E-state index contributed by atoms with van der Waals surface area (Å²) in [6.45, 7) is 2.31. The van der Waals surface area contributed by atoms with Gasteiger partial charge in [-0.25, -0.2) is 4.98 Å². The Morgan fingerprint density at radius 3 is 2.52 bits per heavy atom. The molecule has 1 saturated heterocycles. The predicted octanol–water partition coefficient (Wildman–Crippen LogP) is 4.48. The Labute approximate surface area is 128 Å². The van der Waals surface area contributed by atoms with Gasteiger partial charge in [0.25, 0.3) is 0 Å². The number of fused-ring (bicyclic) bond motifs is 1. The number of benzene rings is 2. The smallest absolute Gasteiger partial charge is 0.138 e. The van der Waals surface area contributed by atoms with Crippen molar-refractivity contribution >= 4 is 28.3 Å². The third-order valence-corrected chi connectivity index (χ3v) is 4.31. The lowest BCUT2D eigenvalue weighted by atomic mass is 10.2. The standard InChI is InChI=1S/C17H16ClN3/c18-13-5-3-12(4-6-13)17-19-15-8-7-14(11-16(15)20-17)21-9-1-2-10-21/h3-8,11H,1-2,9-10H2,(H,19,20).